The largest absolute Gasteiger partial charge is 0.647 e. The van der Waals surface area contributed by atoms with E-state index in [1.165, 1.54) is 6.07 Å². The number of aromatic nitrogens is 1. The lowest BCUT2D eigenvalue weighted by molar-refractivity contribution is 0.299. The van der Waals surface area contributed by atoms with Gasteiger partial charge in [0, 0.05) is 16.5 Å². The summed E-state index contributed by atoms with van der Waals surface area (Å²) in [6.07, 6.45) is 0. The summed E-state index contributed by atoms with van der Waals surface area (Å²) in [4.78, 5) is 14.7. The van der Waals surface area contributed by atoms with Crippen LogP contribution in [0.4, 0.5) is 0 Å². The second-order valence-corrected chi connectivity index (χ2v) is 7.91. The van der Waals surface area contributed by atoms with Crippen LogP contribution in [0.2, 0.25) is 5.02 Å². The molecule has 0 unspecified atom stereocenters. The summed E-state index contributed by atoms with van der Waals surface area (Å²) in [5.41, 5.74) is 0.0451. The summed E-state index contributed by atoms with van der Waals surface area (Å²) < 4.78 is 30.4. The first-order chi connectivity index (χ1) is 14.0. The molecule has 1 N–H and O–H groups in total. The van der Waals surface area contributed by atoms with Gasteiger partial charge in [-0.3, -0.25) is 4.79 Å². The Bertz CT molecular complexity index is 1200. The van der Waals surface area contributed by atoms with Crippen LogP contribution >= 0.6 is 19.4 Å². The highest BCUT2D eigenvalue weighted by Crippen LogP contribution is 2.50. The zero-order valence-electron chi connectivity index (χ0n) is 14.9. The molecule has 0 saturated heterocycles. The Morgan fingerprint density at radius 2 is 1.34 bits per heavy atom. The molecule has 0 aliphatic rings. The number of H-pyrrole nitrogens is 1. The van der Waals surface area contributed by atoms with Crippen LogP contribution in [-0.2, 0) is 4.57 Å². The molecule has 0 fully saturated rings. The normalized spacial score (nSPS) is 11.2. The van der Waals surface area contributed by atoms with E-state index in [1.807, 2.05) is 0 Å². The van der Waals surface area contributed by atoms with Crippen molar-refractivity contribution in [3.05, 3.63) is 100 Å². The number of phosphoric acid groups is 1. The molecule has 0 amide bonds. The summed E-state index contributed by atoms with van der Waals surface area (Å²) in [5.74, 6) is 0.610. The minimum Gasteiger partial charge on any atom is -0.386 e. The molecule has 1 aromatic heterocycles. The van der Waals surface area contributed by atoms with Crippen LogP contribution in [0.5, 0.6) is 17.2 Å². The smallest absolute Gasteiger partial charge is 0.386 e. The lowest BCUT2D eigenvalue weighted by Crippen LogP contribution is -2.11. The monoisotopic (exact) mass is 427 g/mol. The first-order valence-electron chi connectivity index (χ1n) is 8.62. The van der Waals surface area contributed by atoms with Gasteiger partial charge in [0.05, 0.1) is 5.52 Å². The molecule has 0 saturated carbocycles. The molecule has 0 atom stereocenters. The minimum atomic E-state index is -4.22. The molecule has 146 valence electrons. The van der Waals surface area contributed by atoms with Gasteiger partial charge in [0.1, 0.15) is 17.2 Å². The van der Waals surface area contributed by atoms with Crippen molar-refractivity contribution in [2.45, 2.75) is 0 Å². The van der Waals surface area contributed by atoms with E-state index in [9.17, 15) is 9.36 Å². The first kappa shape index (κ1) is 19.1. The number of hydrogen-bond donors (Lipinski definition) is 1. The number of phosphoric ester groups is 1. The van der Waals surface area contributed by atoms with Crippen molar-refractivity contribution in [2.24, 2.45) is 0 Å². The standard InChI is InChI=1S/C21H15ClNO5P/c22-15-11-12-19-18(13-15)20(14-21(24)23-19)28-29(25,26-16-7-3-1-4-8-16)27-17-9-5-2-6-10-17/h1-14H,(H,23,24). The van der Waals surface area contributed by atoms with Crippen molar-refractivity contribution in [1.82, 2.24) is 4.98 Å². The molecule has 4 aromatic rings. The number of benzene rings is 3. The van der Waals surface area contributed by atoms with Gasteiger partial charge >= 0.3 is 7.82 Å². The van der Waals surface area contributed by atoms with Crippen LogP contribution in [0.3, 0.4) is 0 Å². The van der Waals surface area contributed by atoms with E-state index in [2.05, 4.69) is 4.98 Å². The second kappa shape index (κ2) is 8.03. The maximum atomic E-state index is 13.5. The van der Waals surface area contributed by atoms with Gasteiger partial charge in [-0.2, -0.15) is 4.57 Å². The molecule has 1 heterocycles. The molecule has 29 heavy (non-hydrogen) atoms. The highest BCUT2D eigenvalue weighted by atomic mass is 35.5. The van der Waals surface area contributed by atoms with Crippen LogP contribution in [-0.4, -0.2) is 4.98 Å². The average Bonchev–Trinajstić information content (AvgIpc) is 2.70. The van der Waals surface area contributed by atoms with Crippen LogP contribution < -0.4 is 19.1 Å². The highest BCUT2D eigenvalue weighted by molar-refractivity contribution is 7.49. The Morgan fingerprint density at radius 3 is 1.93 bits per heavy atom. The average molecular weight is 428 g/mol. The summed E-state index contributed by atoms with van der Waals surface area (Å²) >= 11 is 6.08. The van der Waals surface area contributed by atoms with Crippen LogP contribution in [0.15, 0.2) is 89.7 Å². The van der Waals surface area contributed by atoms with Crippen molar-refractivity contribution < 1.29 is 18.1 Å². The maximum absolute atomic E-state index is 13.5. The van der Waals surface area contributed by atoms with Gasteiger partial charge in [0.25, 0.3) is 5.56 Å². The number of nitrogens with one attached hydrogen (secondary N) is 1. The Hall–Kier alpha value is -3.21. The van der Waals surface area contributed by atoms with E-state index in [1.54, 1.807) is 78.9 Å². The third-order valence-electron chi connectivity index (χ3n) is 3.90. The van der Waals surface area contributed by atoms with Crippen molar-refractivity contribution in [1.29, 1.82) is 0 Å². The van der Waals surface area contributed by atoms with Gasteiger partial charge in [-0.25, -0.2) is 0 Å². The molecule has 0 aliphatic heterocycles. The van der Waals surface area contributed by atoms with Crippen molar-refractivity contribution >= 4 is 30.3 Å². The van der Waals surface area contributed by atoms with Gasteiger partial charge in [-0.1, -0.05) is 48.0 Å². The fraction of sp³-hybridized carbons (Fsp3) is 0. The molecule has 0 radical (unpaired) electrons. The van der Waals surface area contributed by atoms with E-state index in [-0.39, 0.29) is 5.75 Å². The Labute approximate surface area is 171 Å². The number of halogens is 1. The van der Waals surface area contributed by atoms with Crippen molar-refractivity contribution in [3.63, 3.8) is 0 Å². The molecular weight excluding hydrogens is 413 g/mol. The molecule has 0 aliphatic carbocycles. The fourth-order valence-corrected chi connectivity index (χ4v) is 4.10. The molecule has 8 heteroatoms. The van der Waals surface area contributed by atoms with Crippen molar-refractivity contribution in [2.75, 3.05) is 0 Å². The maximum Gasteiger partial charge on any atom is 0.647 e. The predicted molar refractivity (Wildman–Crippen MR) is 112 cm³/mol. The molecule has 0 spiro atoms. The number of pyridine rings is 1. The number of hydrogen-bond acceptors (Lipinski definition) is 5. The zero-order valence-corrected chi connectivity index (χ0v) is 16.6. The highest BCUT2D eigenvalue weighted by Gasteiger charge is 2.34. The second-order valence-electron chi connectivity index (χ2n) is 6.03. The fourth-order valence-electron chi connectivity index (χ4n) is 2.67. The number of fused-ring (bicyclic) bond motifs is 1. The van der Waals surface area contributed by atoms with Gasteiger partial charge in [0.2, 0.25) is 0 Å². The molecule has 0 bridgehead atoms. The van der Waals surface area contributed by atoms with E-state index < -0.39 is 13.4 Å². The van der Waals surface area contributed by atoms with E-state index >= 15 is 0 Å². The number of para-hydroxylation sites is 2. The number of rotatable bonds is 6. The SMILES string of the molecule is O=c1cc(OP(=O)(Oc2ccccc2)Oc2ccccc2)c2cc(Cl)ccc2[nH]1. The lowest BCUT2D eigenvalue weighted by atomic mass is 10.2. The van der Waals surface area contributed by atoms with E-state index in [0.29, 0.717) is 27.4 Å². The third kappa shape index (κ3) is 4.62. The Morgan fingerprint density at radius 1 is 0.759 bits per heavy atom. The lowest BCUT2D eigenvalue weighted by Gasteiger charge is -2.20. The summed E-state index contributed by atoms with van der Waals surface area (Å²) in [6, 6.07) is 23.0. The third-order valence-corrected chi connectivity index (χ3v) is 5.42. The topological polar surface area (TPSA) is 77.6 Å². The Kier molecular flexibility index (Phi) is 5.30. The minimum absolute atomic E-state index is 0.0291. The van der Waals surface area contributed by atoms with Gasteiger partial charge < -0.3 is 18.6 Å². The summed E-state index contributed by atoms with van der Waals surface area (Å²) in [7, 11) is -4.22. The zero-order chi connectivity index (χ0) is 20.3. The molecule has 3 aromatic carbocycles. The van der Waals surface area contributed by atoms with Crippen LogP contribution in [0, 0.1) is 0 Å². The van der Waals surface area contributed by atoms with Crippen molar-refractivity contribution in [3.8, 4) is 17.2 Å². The number of aromatic amines is 1. The van der Waals surface area contributed by atoms with Gasteiger partial charge in [-0.05, 0) is 42.5 Å². The predicted octanol–water partition coefficient (Wildman–Crippen LogP) is 5.83. The van der Waals surface area contributed by atoms with Gasteiger partial charge in [-0.15, -0.1) is 0 Å². The van der Waals surface area contributed by atoms with Gasteiger partial charge in [0.15, 0.2) is 0 Å². The molecule has 4 rings (SSSR count). The van der Waals surface area contributed by atoms with Crippen LogP contribution in [0.25, 0.3) is 10.9 Å². The van der Waals surface area contributed by atoms with E-state index in [0.717, 1.165) is 0 Å². The first-order valence-corrected chi connectivity index (χ1v) is 10.5. The molecular formula is C21H15ClNO5P. The summed E-state index contributed by atoms with van der Waals surface area (Å²) in [5, 5.41) is 0.892. The van der Waals surface area contributed by atoms with Crippen LogP contribution in [0.1, 0.15) is 0 Å². The quantitative estimate of drug-likeness (QED) is 0.392. The summed E-state index contributed by atoms with van der Waals surface area (Å²) in [6.45, 7) is 0. The Balaban J connectivity index is 1.78. The molecule has 6 nitrogen and oxygen atoms in total. The van der Waals surface area contributed by atoms with E-state index in [4.69, 9.17) is 25.2 Å².